The normalized spacial score (nSPS) is 24.8. The molecular formula is C14H20N2O3. The quantitative estimate of drug-likeness (QED) is 0.825. The summed E-state index contributed by atoms with van der Waals surface area (Å²) in [7, 11) is 0. The average molecular weight is 264 g/mol. The predicted molar refractivity (Wildman–Crippen MR) is 69.7 cm³/mol. The number of ether oxygens (including phenoxy) is 1. The predicted octanol–water partition coefficient (Wildman–Crippen LogP) is 1.28. The maximum Gasteiger partial charge on any atom is 0.236 e. The third kappa shape index (κ3) is 2.82. The fourth-order valence-electron chi connectivity index (χ4n) is 2.90. The molecule has 2 aliphatic rings. The van der Waals surface area contributed by atoms with Gasteiger partial charge < -0.3 is 14.1 Å². The summed E-state index contributed by atoms with van der Waals surface area (Å²) in [5, 5.41) is 0. The summed E-state index contributed by atoms with van der Waals surface area (Å²) >= 11 is 0. The maximum atomic E-state index is 12.3. The van der Waals surface area contributed by atoms with Crippen molar-refractivity contribution in [2.75, 3.05) is 39.4 Å². The van der Waals surface area contributed by atoms with E-state index in [1.165, 1.54) is 0 Å². The Morgan fingerprint density at radius 3 is 2.89 bits per heavy atom. The lowest BCUT2D eigenvalue weighted by atomic mass is 10.1. The number of carbonyl (C=O) groups excluding carboxylic acids is 1. The number of hydrogen-bond acceptors (Lipinski definition) is 4. The molecule has 0 spiro atoms. The second-order valence-corrected chi connectivity index (χ2v) is 5.14. The van der Waals surface area contributed by atoms with Crippen LogP contribution in [0, 0.1) is 0 Å². The highest BCUT2D eigenvalue weighted by molar-refractivity contribution is 5.78. The Bertz CT molecular complexity index is 412. The molecule has 1 aromatic heterocycles. The smallest absolute Gasteiger partial charge is 0.236 e. The molecule has 0 aliphatic carbocycles. The van der Waals surface area contributed by atoms with Crippen molar-refractivity contribution >= 4 is 5.91 Å². The molecule has 1 aromatic rings. The fourth-order valence-corrected chi connectivity index (χ4v) is 2.90. The van der Waals surface area contributed by atoms with Gasteiger partial charge in [0.1, 0.15) is 5.76 Å². The van der Waals surface area contributed by atoms with Crippen molar-refractivity contribution in [1.82, 2.24) is 9.80 Å². The molecule has 0 bridgehead atoms. The van der Waals surface area contributed by atoms with E-state index in [-0.39, 0.29) is 11.9 Å². The summed E-state index contributed by atoms with van der Waals surface area (Å²) in [6, 6.07) is 4.18. The first-order valence-corrected chi connectivity index (χ1v) is 6.97. The fraction of sp³-hybridized carbons (Fsp3) is 0.643. The first-order valence-electron chi connectivity index (χ1n) is 6.97. The van der Waals surface area contributed by atoms with E-state index in [4.69, 9.17) is 9.15 Å². The van der Waals surface area contributed by atoms with Gasteiger partial charge in [0.15, 0.2) is 0 Å². The molecule has 0 N–H and O–H groups in total. The van der Waals surface area contributed by atoms with E-state index >= 15 is 0 Å². The summed E-state index contributed by atoms with van der Waals surface area (Å²) < 4.78 is 10.8. The van der Waals surface area contributed by atoms with Crippen LogP contribution in [0.3, 0.4) is 0 Å². The summed E-state index contributed by atoms with van der Waals surface area (Å²) in [4.78, 5) is 16.4. The number of nitrogens with zero attached hydrogens (tertiary/aromatic N) is 2. The maximum absolute atomic E-state index is 12.3. The van der Waals surface area contributed by atoms with Crippen molar-refractivity contribution in [1.29, 1.82) is 0 Å². The molecule has 2 saturated heterocycles. The van der Waals surface area contributed by atoms with Gasteiger partial charge in [0, 0.05) is 13.1 Å². The largest absolute Gasteiger partial charge is 0.468 e. The molecule has 2 aliphatic heterocycles. The summed E-state index contributed by atoms with van der Waals surface area (Å²) in [6.07, 6.45) is 3.90. The van der Waals surface area contributed by atoms with Crippen molar-refractivity contribution in [3.63, 3.8) is 0 Å². The van der Waals surface area contributed by atoms with Gasteiger partial charge in [0.2, 0.25) is 5.91 Å². The highest BCUT2D eigenvalue weighted by Gasteiger charge is 2.30. The second kappa shape index (κ2) is 5.75. The highest BCUT2D eigenvalue weighted by Crippen LogP contribution is 2.31. The molecule has 5 nitrogen and oxygen atoms in total. The van der Waals surface area contributed by atoms with Gasteiger partial charge in [0.05, 0.1) is 32.1 Å². The van der Waals surface area contributed by atoms with E-state index in [9.17, 15) is 4.79 Å². The third-order valence-corrected chi connectivity index (χ3v) is 3.94. The Morgan fingerprint density at radius 1 is 1.32 bits per heavy atom. The molecule has 0 saturated carbocycles. The van der Waals surface area contributed by atoms with Crippen LogP contribution < -0.4 is 0 Å². The summed E-state index contributed by atoms with van der Waals surface area (Å²) in [5.74, 6) is 1.19. The minimum absolute atomic E-state index is 0.210. The van der Waals surface area contributed by atoms with Crippen molar-refractivity contribution in [2.45, 2.75) is 18.9 Å². The standard InChI is InChI=1S/C14H20N2O3/c17-14(15-6-9-18-10-7-15)11-16-5-1-3-12(16)13-4-2-8-19-13/h2,4,8,12H,1,3,5-7,9-11H2/t12-/m1/s1. The summed E-state index contributed by atoms with van der Waals surface area (Å²) in [5.41, 5.74) is 0. The topological polar surface area (TPSA) is 45.9 Å². The van der Waals surface area contributed by atoms with Crippen LogP contribution in [-0.4, -0.2) is 55.1 Å². The average Bonchev–Trinajstić information content (AvgIpc) is 3.10. The molecule has 5 heteroatoms. The SMILES string of the molecule is O=C(CN1CCC[C@@H]1c1ccco1)N1CCOCC1. The molecule has 3 rings (SSSR count). The van der Waals surface area contributed by atoms with Crippen molar-refractivity contribution in [3.8, 4) is 0 Å². The summed E-state index contributed by atoms with van der Waals surface area (Å²) in [6.45, 7) is 4.23. The van der Waals surface area contributed by atoms with Gasteiger partial charge in [-0.3, -0.25) is 9.69 Å². The van der Waals surface area contributed by atoms with E-state index in [1.807, 2.05) is 17.0 Å². The highest BCUT2D eigenvalue weighted by atomic mass is 16.5. The molecule has 2 fully saturated rings. The van der Waals surface area contributed by atoms with E-state index in [0.29, 0.717) is 19.8 Å². The van der Waals surface area contributed by atoms with E-state index in [2.05, 4.69) is 4.90 Å². The first kappa shape index (κ1) is 12.7. The number of amides is 1. The van der Waals surface area contributed by atoms with Gasteiger partial charge in [-0.05, 0) is 31.5 Å². The zero-order valence-corrected chi connectivity index (χ0v) is 11.1. The number of rotatable bonds is 3. The molecule has 1 amide bonds. The Balaban J connectivity index is 1.60. The minimum Gasteiger partial charge on any atom is -0.468 e. The molecule has 1 atom stereocenters. The number of likely N-dealkylation sites (tertiary alicyclic amines) is 1. The van der Waals surface area contributed by atoms with Crippen molar-refractivity contribution < 1.29 is 13.9 Å². The van der Waals surface area contributed by atoms with E-state index in [1.54, 1.807) is 6.26 Å². The van der Waals surface area contributed by atoms with Crippen LogP contribution in [0.5, 0.6) is 0 Å². The Morgan fingerprint density at radius 2 is 2.16 bits per heavy atom. The molecule has 104 valence electrons. The van der Waals surface area contributed by atoms with Crippen LogP contribution in [0.15, 0.2) is 22.8 Å². The monoisotopic (exact) mass is 264 g/mol. The molecule has 0 radical (unpaired) electrons. The van der Waals surface area contributed by atoms with Crippen LogP contribution in [0.1, 0.15) is 24.6 Å². The van der Waals surface area contributed by atoms with Gasteiger partial charge in [-0.1, -0.05) is 0 Å². The lowest BCUT2D eigenvalue weighted by Crippen LogP contribution is -2.45. The Hall–Kier alpha value is -1.33. The van der Waals surface area contributed by atoms with Gasteiger partial charge in [-0.15, -0.1) is 0 Å². The van der Waals surface area contributed by atoms with Crippen LogP contribution >= 0.6 is 0 Å². The lowest BCUT2D eigenvalue weighted by molar-refractivity contribution is -0.136. The molecule has 0 aromatic carbocycles. The number of furan rings is 1. The zero-order valence-electron chi connectivity index (χ0n) is 11.1. The second-order valence-electron chi connectivity index (χ2n) is 5.14. The Labute approximate surface area is 113 Å². The lowest BCUT2D eigenvalue weighted by Gasteiger charge is -2.30. The number of morpholine rings is 1. The van der Waals surface area contributed by atoms with Gasteiger partial charge in [-0.25, -0.2) is 0 Å². The van der Waals surface area contributed by atoms with Gasteiger partial charge >= 0.3 is 0 Å². The van der Waals surface area contributed by atoms with E-state index < -0.39 is 0 Å². The molecular weight excluding hydrogens is 244 g/mol. The molecule has 3 heterocycles. The van der Waals surface area contributed by atoms with Crippen LogP contribution in [0.4, 0.5) is 0 Å². The van der Waals surface area contributed by atoms with Crippen LogP contribution in [0.25, 0.3) is 0 Å². The number of hydrogen-bond donors (Lipinski definition) is 0. The van der Waals surface area contributed by atoms with Crippen LogP contribution in [0.2, 0.25) is 0 Å². The number of carbonyl (C=O) groups is 1. The first-order chi connectivity index (χ1) is 9.34. The van der Waals surface area contributed by atoms with Gasteiger partial charge in [-0.2, -0.15) is 0 Å². The molecule has 19 heavy (non-hydrogen) atoms. The van der Waals surface area contributed by atoms with E-state index in [0.717, 1.165) is 38.2 Å². The Kier molecular flexibility index (Phi) is 3.84. The minimum atomic E-state index is 0.210. The molecule has 0 unspecified atom stereocenters. The van der Waals surface area contributed by atoms with Gasteiger partial charge in [0.25, 0.3) is 0 Å². The van der Waals surface area contributed by atoms with Crippen molar-refractivity contribution in [3.05, 3.63) is 24.2 Å². The zero-order chi connectivity index (χ0) is 13.1. The third-order valence-electron chi connectivity index (χ3n) is 3.94. The van der Waals surface area contributed by atoms with Crippen LogP contribution in [-0.2, 0) is 9.53 Å². The van der Waals surface area contributed by atoms with Crippen molar-refractivity contribution in [2.24, 2.45) is 0 Å².